The Morgan fingerprint density at radius 1 is 1.29 bits per heavy atom. The molecule has 0 fully saturated rings. The van der Waals surface area contributed by atoms with E-state index in [0.29, 0.717) is 10.6 Å². The first-order valence-corrected chi connectivity index (χ1v) is 7.47. The second kappa shape index (κ2) is 7.43. The van der Waals surface area contributed by atoms with Gasteiger partial charge in [0.15, 0.2) is 0 Å². The van der Waals surface area contributed by atoms with Crippen LogP contribution in [-0.4, -0.2) is 16.9 Å². The van der Waals surface area contributed by atoms with Gasteiger partial charge in [0.1, 0.15) is 5.15 Å². The number of benzene rings is 1. The highest BCUT2D eigenvalue weighted by Gasteiger charge is 2.14. The summed E-state index contributed by atoms with van der Waals surface area (Å²) in [5, 5.41) is 3.47. The Hall–Kier alpha value is -1.58. The number of halogens is 2. The number of nitrogens with zero attached hydrogens (tertiary/aromatic N) is 1. The second-order valence-corrected chi connectivity index (χ2v) is 5.68. The van der Waals surface area contributed by atoms with Crippen molar-refractivity contribution in [3.05, 3.63) is 63.9 Å². The molecule has 1 atom stereocenters. The van der Waals surface area contributed by atoms with Crippen LogP contribution < -0.4 is 5.32 Å². The summed E-state index contributed by atoms with van der Waals surface area (Å²) in [7, 11) is 0. The Balaban J connectivity index is 1.91. The fraction of sp³-hybridized carbons (Fsp3) is 0.250. The van der Waals surface area contributed by atoms with Crippen LogP contribution in [0.15, 0.2) is 42.6 Å². The molecule has 1 amide bonds. The molecule has 2 rings (SSSR count). The summed E-state index contributed by atoms with van der Waals surface area (Å²) in [6.45, 7) is 1.97. The summed E-state index contributed by atoms with van der Waals surface area (Å²) < 4.78 is 0. The lowest BCUT2D eigenvalue weighted by Crippen LogP contribution is -2.33. The molecule has 0 saturated carbocycles. The highest BCUT2D eigenvalue weighted by Crippen LogP contribution is 2.18. The summed E-state index contributed by atoms with van der Waals surface area (Å²) in [5.41, 5.74) is 1.60. The first-order chi connectivity index (χ1) is 10.1. The van der Waals surface area contributed by atoms with E-state index in [9.17, 15) is 4.79 Å². The molecule has 0 radical (unpaired) electrons. The number of rotatable bonds is 5. The third-order valence-electron chi connectivity index (χ3n) is 3.15. The number of hydrogen-bond acceptors (Lipinski definition) is 2. The van der Waals surface area contributed by atoms with Crippen molar-refractivity contribution in [3.63, 3.8) is 0 Å². The molecule has 21 heavy (non-hydrogen) atoms. The standard InChI is InChI=1S/C16H16Cl2N2O/c1-11(7-8-12-5-3-2-4-6-12)20-16(21)13-9-15(18)19-10-14(13)17/h2-6,9-11H,7-8H2,1H3,(H,20,21). The van der Waals surface area contributed by atoms with Crippen LogP contribution in [0.2, 0.25) is 10.2 Å². The first kappa shape index (κ1) is 15.8. The summed E-state index contributed by atoms with van der Waals surface area (Å²) >= 11 is 11.8. The Labute approximate surface area is 134 Å². The number of aryl methyl sites for hydroxylation is 1. The molecular formula is C16H16Cl2N2O. The van der Waals surface area contributed by atoms with E-state index in [4.69, 9.17) is 23.2 Å². The van der Waals surface area contributed by atoms with Crippen molar-refractivity contribution in [2.24, 2.45) is 0 Å². The van der Waals surface area contributed by atoms with Gasteiger partial charge in [-0.1, -0.05) is 53.5 Å². The molecule has 1 heterocycles. The van der Waals surface area contributed by atoms with Crippen LogP contribution >= 0.6 is 23.2 Å². The van der Waals surface area contributed by atoms with Gasteiger partial charge >= 0.3 is 0 Å². The monoisotopic (exact) mass is 322 g/mol. The Morgan fingerprint density at radius 2 is 2.00 bits per heavy atom. The molecule has 1 aromatic heterocycles. The number of pyridine rings is 1. The largest absolute Gasteiger partial charge is 0.350 e. The maximum absolute atomic E-state index is 12.2. The van der Waals surface area contributed by atoms with E-state index in [1.165, 1.54) is 17.8 Å². The average molecular weight is 323 g/mol. The Kier molecular flexibility index (Phi) is 5.59. The third kappa shape index (κ3) is 4.73. The topological polar surface area (TPSA) is 42.0 Å². The lowest BCUT2D eigenvalue weighted by atomic mass is 10.1. The molecule has 110 valence electrons. The molecule has 1 N–H and O–H groups in total. The summed E-state index contributed by atoms with van der Waals surface area (Å²) in [6.07, 6.45) is 3.15. The maximum Gasteiger partial charge on any atom is 0.253 e. The van der Waals surface area contributed by atoms with E-state index in [1.54, 1.807) is 0 Å². The van der Waals surface area contributed by atoms with E-state index < -0.39 is 0 Å². The number of carbonyl (C=O) groups excluding carboxylic acids is 1. The average Bonchev–Trinajstić information content (AvgIpc) is 2.48. The van der Waals surface area contributed by atoms with Crippen LogP contribution in [0, 0.1) is 0 Å². The lowest BCUT2D eigenvalue weighted by Gasteiger charge is -2.14. The van der Waals surface area contributed by atoms with Crippen molar-refractivity contribution >= 4 is 29.1 Å². The van der Waals surface area contributed by atoms with Gasteiger partial charge in [-0.3, -0.25) is 4.79 Å². The minimum absolute atomic E-state index is 0.0423. The summed E-state index contributed by atoms with van der Waals surface area (Å²) in [4.78, 5) is 16.0. The van der Waals surface area contributed by atoms with Gasteiger partial charge in [0, 0.05) is 12.2 Å². The van der Waals surface area contributed by atoms with Crippen LogP contribution in [0.25, 0.3) is 0 Å². The van der Waals surface area contributed by atoms with Gasteiger partial charge in [-0.15, -0.1) is 0 Å². The van der Waals surface area contributed by atoms with E-state index in [2.05, 4.69) is 22.4 Å². The molecule has 1 aromatic carbocycles. The second-order valence-electron chi connectivity index (χ2n) is 4.89. The predicted molar refractivity (Wildman–Crippen MR) is 85.9 cm³/mol. The highest BCUT2D eigenvalue weighted by molar-refractivity contribution is 6.35. The van der Waals surface area contributed by atoms with Gasteiger partial charge < -0.3 is 5.32 Å². The first-order valence-electron chi connectivity index (χ1n) is 6.72. The number of hydrogen-bond donors (Lipinski definition) is 1. The van der Waals surface area contributed by atoms with Gasteiger partial charge in [-0.25, -0.2) is 4.98 Å². The van der Waals surface area contributed by atoms with Gasteiger partial charge in [-0.05, 0) is 31.4 Å². The molecule has 0 bridgehead atoms. The van der Waals surface area contributed by atoms with Crippen molar-refractivity contribution in [1.29, 1.82) is 0 Å². The van der Waals surface area contributed by atoms with Crippen molar-refractivity contribution in [3.8, 4) is 0 Å². The lowest BCUT2D eigenvalue weighted by molar-refractivity contribution is 0.0938. The fourth-order valence-corrected chi connectivity index (χ4v) is 2.34. The maximum atomic E-state index is 12.2. The van der Waals surface area contributed by atoms with Crippen molar-refractivity contribution in [1.82, 2.24) is 10.3 Å². The van der Waals surface area contributed by atoms with E-state index >= 15 is 0 Å². The number of amides is 1. The summed E-state index contributed by atoms with van der Waals surface area (Å²) in [5.74, 6) is -0.232. The van der Waals surface area contributed by atoms with Crippen LogP contribution in [0.3, 0.4) is 0 Å². The van der Waals surface area contributed by atoms with E-state index in [0.717, 1.165) is 12.8 Å². The van der Waals surface area contributed by atoms with Crippen LogP contribution in [0.5, 0.6) is 0 Å². The molecule has 0 saturated heterocycles. The molecule has 0 aliphatic carbocycles. The highest BCUT2D eigenvalue weighted by atomic mass is 35.5. The van der Waals surface area contributed by atoms with Gasteiger partial charge in [0.25, 0.3) is 5.91 Å². The molecule has 0 aliphatic heterocycles. The van der Waals surface area contributed by atoms with E-state index in [-0.39, 0.29) is 17.1 Å². The number of nitrogens with one attached hydrogen (secondary N) is 1. The van der Waals surface area contributed by atoms with Crippen LogP contribution in [0.4, 0.5) is 0 Å². The van der Waals surface area contributed by atoms with E-state index in [1.807, 2.05) is 25.1 Å². The minimum atomic E-state index is -0.232. The van der Waals surface area contributed by atoms with Gasteiger partial charge in [0.05, 0.1) is 10.6 Å². The van der Waals surface area contributed by atoms with Gasteiger partial charge in [-0.2, -0.15) is 0 Å². The molecule has 3 nitrogen and oxygen atoms in total. The SMILES string of the molecule is CC(CCc1ccccc1)NC(=O)c1cc(Cl)ncc1Cl. The van der Waals surface area contributed by atoms with Crippen LogP contribution in [0.1, 0.15) is 29.3 Å². The van der Waals surface area contributed by atoms with Crippen LogP contribution in [-0.2, 0) is 6.42 Å². The zero-order valence-corrected chi connectivity index (χ0v) is 13.2. The third-order valence-corrected chi connectivity index (χ3v) is 3.66. The number of aromatic nitrogens is 1. The zero-order chi connectivity index (χ0) is 15.2. The number of carbonyl (C=O) groups is 1. The molecule has 1 unspecified atom stereocenters. The zero-order valence-electron chi connectivity index (χ0n) is 11.6. The molecular weight excluding hydrogens is 307 g/mol. The normalized spacial score (nSPS) is 12.0. The molecule has 0 spiro atoms. The van der Waals surface area contributed by atoms with Gasteiger partial charge in [0.2, 0.25) is 0 Å². The van der Waals surface area contributed by atoms with Crippen molar-refractivity contribution in [2.75, 3.05) is 0 Å². The van der Waals surface area contributed by atoms with Crippen molar-refractivity contribution in [2.45, 2.75) is 25.8 Å². The predicted octanol–water partition coefficient (Wildman–Crippen LogP) is 4.14. The smallest absolute Gasteiger partial charge is 0.253 e. The molecule has 0 aliphatic rings. The minimum Gasteiger partial charge on any atom is -0.350 e. The molecule has 5 heteroatoms. The fourth-order valence-electron chi connectivity index (χ4n) is 1.99. The molecule has 2 aromatic rings. The Bertz CT molecular complexity index is 617. The quantitative estimate of drug-likeness (QED) is 0.840. The van der Waals surface area contributed by atoms with Crippen molar-refractivity contribution < 1.29 is 4.79 Å². The Morgan fingerprint density at radius 3 is 2.71 bits per heavy atom. The summed E-state index contributed by atoms with van der Waals surface area (Å²) in [6, 6.07) is 11.7.